The summed E-state index contributed by atoms with van der Waals surface area (Å²) in [5, 5.41) is 4.55. The molecule has 0 aliphatic carbocycles. The number of benzene rings is 1. The Balaban J connectivity index is 2.15. The highest BCUT2D eigenvalue weighted by atomic mass is 35.5. The lowest BCUT2D eigenvalue weighted by Crippen LogP contribution is -2.17. The monoisotopic (exact) mass is 271 g/mol. The van der Waals surface area contributed by atoms with Crippen molar-refractivity contribution in [2.45, 2.75) is 0 Å². The average molecular weight is 272 g/mol. The van der Waals surface area contributed by atoms with Gasteiger partial charge in [0.1, 0.15) is 6.33 Å². The van der Waals surface area contributed by atoms with Crippen molar-refractivity contribution in [1.82, 2.24) is 9.55 Å². The van der Waals surface area contributed by atoms with E-state index in [1.165, 1.54) is 0 Å². The third-order valence-corrected chi connectivity index (χ3v) is 2.96. The maximum Gasteiger partial charge on any atom is 0.182 e. The van der Waals surface area contributed by atoms with Gasteiger partial charge in [0.05, 0.1) is 10.0 Å². The topological polar surface area (TPSA) is 29.9 Å². The predicted octanol–water partition coefficient (Wildman–Crippen LogP) is 3.44. The Morgan fingerprint density at radius 1 is 1.31 bits per heavy atom. The Kier molecular flexibility index (Phi) is 3.43. The number of anilines is 1. The number of nitrogens with one attached hydrogen (secondary N) is 1. The number of hydrogen-bond donors (Lipinski definition) is 1. The molecule has 0 unspecified atom stereocenters. The fourth-order valence-electron chi connectivity index (χ4n) is 1.14. The highest BCUT2D eigenvalue weighted by Crippen LogP contribution is 2.25. The minimum atomic E-state index is 0.486. The molecule has 0 bridgehead atoms. The molecule has 0 atom stereocenters. The molecule has 1 aromatic carbocycles. The highest BCUT2D eigenvalue weighted by molar-refractivity contribution is 7.80. The first kappa shape index (κ1) is 11.4. The largest absolute Gasteiger partial charge is 0.332 e. The van der Waals surface area contributed by atoms with Crippen LogP contribution in [0.3, 0.4) is 0 Å². The third kappa shape index (κ3) is 2.52. The summed E-state index contributed by atoms with van der Waals surface area (Å²) in [6.07, 6.45) is 5.03. The minimum absolute atomic E-state index is 0.486. The minimum Gasteiger partial charge on any atom is -0.332 e. The average Bonchev–Trinajstić information content (AvgIpc) is 2.77. The first-order valence-corrected chi connectivity index (χ1v) is 5.57. The van der Waals surface area contributed by atoms with Gasteiger partial charge < -0.3 is 5.32 Å². The second kappa shape index (κ2) is 4.82. The van der Waals surface area contributed by atoms with Gasteiger partial charge in [-0.25, -0.2) is 4.98 Å². The van der Waals surface area contributed by atoms with Gasteiger partial charge in [-0.2, -0.15) is 0 Å². The molecule has 2 aromatic rings. The molecule has 3 nitrogen and oxygen atoms in total. The summed E-state index contributed by atoms with van der Waals surface area (Å²) in [5.41, 5.74) is 0.785. The van der Waals surface area contributed by atoms with Gasteiger partial charge in [-0.3, -0.25) is 4.57 Å². The van der Waals surface area contributed by atoms with Crippen LogP contribution < -0.4 is 5.32 Å². The second-order valence-electron chi connectivity index (χ2n) is 3.03. The number of imidazole rings is 1. The Morgan fingerprint density at radius 2 is 2.12 bits per heavy atom. The second-order valence-corrected chi connectivity index (χ2v) is 4.23. The van der Waals surface area contributed by atoms with Gasteiger partial charge in [0.2, 0.25) is 0 Å². The number of hydrogen-bond acceptors (Lipinski definition) is 2. The van der Waals surface area contributed by atoms with Crippen LogP contribution in [0.2, 0.25) is 10.0 Å². The van der Waals surface area contributed by atoms with Gasteiger partial charge in [-0.1, -0.05) is 23.2 Å². The molecule has 1 N–H and O–H groups in total. The van der Waals surface area contributed by atoms with Crippen LogP contribution in [0.5, 0.6) is 0 Å². The molecule has 1 aromatic heterocycles. The molecule has 82 valence electrons. The molecule has 16 heavy (non-hydrogen) atoms. The Labute approximate surface area is 108 Å². The summed E-state index contributed by atoms with van der Waals surface area (Å²) < 4.78 is 1.69. The summed E-state index contributed by atoms with van der Waals surface area (Å²) in [6.45, 7) is 0. The van der Waals surface area contributed by atoms with E-state index in [1.807, 2.05) is 0 Å². The lowest BCUT2D eigenvalue weighted by atomic mass is 10.3. The normalized spacial score (nSPS) is 10.1. The van der Waals surface area contributed by atoms with Gasteiger partial charge in [0, 0.05) is 18.1 Å². The maximum atomic E-state index is 5.89. The molecule has 0 aliphatic heterocycles. The van der Waals surface area contributed by atoms with Crippen molar-refractivity contribution in [3.8, 4) is 0 Å². The zero-order chi connectivity index (χ0) is 11.5. The van der Waals surface area contributed by atoms with Crippen LogP contribution >= 0.6 is 35.4 Å². The number of nitrogens with zero attached hydrogens (tertiary/aromatic N) is 2. The summed E-state index contributed by atoms with van der Waals surface area (Å²) in [5.74, 6) is 0. The molecule has 1 heterocycles. The van der Waals surface area contributed by atoms with Gasteiger partial charge in [0.15, 0.2) is 5.11 Å². The summed E-state index contributed by atoms with van der Waals surface area (Å²) in [6, 6.07) is 5.23. The Hall–Kier alpha value is -1.10. The van der Waals surface area contributed by atoms with Crippen LogP contribution in [0, 0.1) is 0 Å². The maximum absolute atomic E-state index is 5.89. The van der Waals surface area contributed by atoms with E-state index in [4.69, 9.17) is 35.4 Å². The van der Waals surface area contributed by atoms with E-state index in [2.05, 4.69) is 10.3 Å². The molecule has 0 saturated carbocycles. The van der Waals surface area contributed by atoms with E-state index in [9.17, 15) is 0 Å². The number of rotatable bonds is 1. The molecule has 0 aliphatic rings. The summed E-state index contributed by atoms with van der Waals surface area (Å²) in [4.78, 5) is 3.90. The Morgan fingerprint density at radius 3 is 2.75 bits per heavy atom. The highest BCUT2D eigenvalue weighted by Gasteiger charge is 2.02. The quantitative estimate of drug-likeness (QED) is 0.806. The van der Waals surface area contributed by atoms with Crippen molar-refractivity contribution in [1.29, 1.82) is 0 Å². The SMILES string of the molecule is S=C(Nc1ccc(Cl)c(Cl)c1)n1ccnc1. The van der Waals surface area contributed by atoms with E-state index < -0.39 is 0 Å². The van der Waals surface area contributed by atoms with Crippen molar-refractivity contribution in [2.24, 2.45) is 0 Å². The van der Waals surface area contributed by atoms with Gasteiger partial charge >= 0.3 is 0 Å². The van der Waals surface area contributed by atoms with E-state index >= 15 is 0 Å². The zero-order valence-corrected chi connectivity index (χ0v) is 10.4. The third-order valence-electron chi connectivity index (χ3n) is 1.91. The fourth-order valence-corrected chi connectivity index (χ4v) is 1.67. The molecule has 0 amide bonds. The standard InChI is InChI=1S/C10H7Cl2N3S/c11-8-2-1-7(5-9(8)12)14-10(16)15-4-3-13-6-15/h1-6H,(H,14,16). The first-order chi connectivity index (χ1) is 7.66. The molecule has 2 rings (SSSR count). The van der Waals surface area contributed by atoms with Crippen molar-refractivity contribution in [3.63, 3.8) is 0 Å². The van der Waals surface area contributed by atoms with Crippen LogP contribution in [0.15, 0.2) is 36.9 Å². The number of aromatic nitrogens is 2. The lowest BCUT2D eigenvalue weighted by Gasteiger charge is -2.08. The molecule has 0 fully saturated rings. The van der Waals surface area contributed by atoms with E-state index in [-0.39, 0.29) is 0 Å². The molecule has 0 radical (unpaired) electrons. The summed E-state index contributed by atoms with van der Waals surface area (Å²) >= 11 is 16.9. The predicted molar refractivity (Wildman–Crippen MR) is 70.3 cm³/mol. The molecular formula is C10H7Cl2N3S. The van der Waals surface area contributed by atoms with Crippen molar-refractivity contribution < 1.29 is 0 Å². The van der Waals surface area contributed by atoms with E-state index in [0.29, 0.717) is 15.2 Å². The molecule has 0 saturated heterocycles. The molecular weight excluding hydrogens is 265 g/mol. The van der Waals surface area contributed by atoms with E-state index in [0.717, 1.165) is 5.69 Å². The van der Waals surface area contributed by atoms with Gasteiger partial charge in [0.25, 0.3) is 0 Å². The number of halogens is 2. The van der Waals surface area contributed by atoms with E-state index in [1.54, 1.807) is 41.5 Å². The molecule has 0 spiro atoms. The first-order valence-electron chi connectivity index (χ1n) is 4.41. The number of thiocarbonyl (C=S) groups is 1. The van der Waals surface area contributed by atoms with Crippen LogP contribution in [0.4, 0.5) is 5.69 Å². The van der Waals surface area contributed by atoms with Crippen molar-refractivity contribution >= 4 is 46.2 Å². The van der Waals surface area contributed by atoms with Gasteiger partial charge in [-0.15, -0.1) is 0 Å². The zero-order valence-electron chi connectivity index (χ0n) is 8.02. The van der Waals surface area contributed by atoms with Crippen LogP contribution in [-0.4, -0.2) is 14.7 Å². The van der Waals surface area contributed by atoms with Gasteiger partial charge in [-0.05, 0) is 30.4 Å². The fraction of sp³-hybridized carbons (Fsp3) is 0. The van der Waals surface area contributed by atoms with Crippen LogP contribution in [0.25, 0.3) is 0 Å². The van der Waals surface area contributed by atoms with Crippen LogP contribution in [0.1, 0.15) is 0 Å². The summed E-state index contributed by atoms with van der Waals surface area (Å²) in [7, 11) is 0. The molecule has 6 heteroatoms. The smallest absolute Gasteiger partial charge is 0.182 e. The van der Waals surface area contributed by atoms with Crippen molar-refractivity contribution in [2.75, 3.05) is 5.32 Å². The lowest BCUT2D eigenvalue weighted by molar-refractivity contribution is 1.15. The van der Waals surface area contributed by atoms with Crippen LogP contribution in [-0.2, 0) is 0 Å². The Bertz CT molecular complexity index is 511. The van der Waals surface area contributed by atoms with Crippen molar-refractivity contribution in [3.05, 3.63) is 47.0 Å².